The van der Waals surface area contributed by atoms with Crippen molar-refractivity contribution in [1.29, 1.82) is 0 Å². The van der Waals surface area contributed by atoms with Crippen LogP contribution in [0.15, 0.2) is 77.7 Å². The zero-order valence-electron chi connectivity index (χ0n) is 15.6. The Labute approximate surface area is 173 Å². The summed E-state index contributed by atoms with van der Waals surface area (Å²) in [5.41, 5.74) is 2.26. The van der Waals surface area contributed by atoms with Gasteiger partial charge in [-0.2, -0.15) is 0 Å². The summed E-state index contributed by atoms with van der Waals surface area (Å²) in [5, 5.41) is 5.78. The Balaban J connectivity index is 1.46. The zero-order valence-corrected chi connectivity index (χ0v) is 16.4. The summed E-state index contributed by atoms with van der Waals surface area (Å²) in [7, 11) is 0. The van der Waals surface area contributed by atoms with E-state index in [9.17, 15) is 14.4 Å². The average Bonchev–Trinajstić information content (AvgIpc) is 2.73. The van der Waals surface area contributed by atoms with Gasteiger partial charge in [0, 0.05) is 29.4 Å². The molecule has 148 valence electrons. The Morgan fingerprint density at radius 2 is 1.66 bits per heavy atom. The molecule has 0 bridgehead atoms. The number of amides is 2. The first-order valence-corrected chi connectivity index (χ1v) is 9.43. The summed E-state index contributed by atoms with van der Waals surface area (Å²) in [6, 6.07) is 19.2. The second-order valence-corrected chi connectivity index (χ2v) is 6.89. The number of nitrogens with one attached hydrogen (secondary N) is 2. The first-order chi connectivity index (χ1) is 14.0. The van der Waals surface area contributed by atoms with Gasteiger partial charge in [0.05, 0.1) is 13.1 Å². The van der Waals surface area contributed by atoms with Crippen LogP contribution in [0.1, 0.15) is 21.5 Å². The Morgan fingerprint density at radius 1 is 0.897 bits per heavy atom. The lowest BCUT2D eigenvalue weighted by molar-refractivity contribution is -0.120. The largest absolute Gasteiger partial charge is 0.350 e. The summed E-state index contributed by atoms with van der Waals surface area (Å²) in [6.45, 7) is 0.708. The van der Waals surface area contributed by atoms with Crippen LogP contribution in [0.25, 0.3) is 0 Å². The van der Waals surface area contributed by atoms with Crippen molar-refractivity contribution in [3.63, 3.8) is 0 Å². The minimum atomic E-state index is -0.358. The van der Waals surface area contributed by atoms with E-state index in [2.05, 4.69) is 10.6 Å². The molecule has 0 radical (unpaired) electrons. The Hall–Kier alpha value is -3.38. The van der Waals surface area contributed by atoms with Crippen LogP contribution in [-0.2, 0) is 17.9 Å². The second-order valence-electron chi connectivity index (χ2n) is 6.45. The van der Waals surface area contributed by atoms with Gasteiger partial charge in [0.25, 0.3) is 11.5 Å². The first kappa shape index (κ1) is 20.4. The van der Waals surface area contributed by atoms with Crippen molar-refractivity contribution < 1.29 is 9.59 Å². The number of nitrogens with zero attached hydrogens (tertiary/aromatic N) is 1. The van der Waals surface area contributed by atoms with Crippen LogP contribution in [0, 0.1) is 0 Å². The Bertz CT molecular complexity index is 1060. The van der Waals surface area contributed by atoms with Crippen LogP contribution in [0.5, 0.6) is 0 Å². The van der Waals surface area contributed by atoms with Crippen LogP contribution < -0.4 is 16.2 Å². The molecule has 1 heterocycles. The second kappa shape index (κ2) is 9.71. The lowest BCUT2D eigenvalue weighted by Crippen LogP contribution is -2.36. The number of halogens is 1. The Morgan fingerprint density at radius 3 is 2.38 bits per heavy atom. The topological polar surface area (TPSA) is 80.2 Å². The predicted octanol–water partition coefficient (Wildman–Crippen LogP) is 2.60. The summed E-state index contributed by atoms with van der Waals surface area (Å²) in [4.78, 5) is 35.8. The van der Waals surface area contributed by atoms with Gasteiger partial charge in [0.2, 0.25) is 5.91 Å². The lowest BCUT2D eigenvalue weighted by atomic mass is 10.1. The predicted molar refractivity (Wildman–Crippen MR) is 112 cm³/mol. The molecule has 1 aromatic heterocycles. The van der Waals surface area contributed by atoms with E-state index < -0.39 is 0 Å². The molecule has 0 unspecified atom stereocenters. The highest BCUT2D eigenvalue weighted by atomic mass is 35.5. The van der Waals surface area contributed by atoms with Gasteiger partial charge in [-0.05, 0) is 35.4 Å². The van der Waals surface area contributed by atoms with Crippen molar-refractivity contribution in [2.24, 2.45) is 0 Å². The SMILES string of the molecule is O=C(CNC(=O)c1cccc(Cl)c1)NCc1ccc(Cn2ccccc2=O)cc1. The van der Waals surface area contributed by atoms with Crippen molar-refractivity contribution in [3.05, 3.63) is 105 Å². The summed E-state index contributed by atoms with van der Waals surface area (Å²) < 4.78 is 1.62. The summed E-state index contributed by atoms with van der Waals surface area (Å²) in [6.07, 6.45) is 1.74. The molecule has 29 heavy (non-hydrogen) atoms. The van der Waals surface area contributed by atoms with Gasteiger partial charge in [-0.1, -0.05) is 48.0 Å². The van der Waals surface area contributed by atoms with Gasteiger partial charge >= 0.3 is 0 Å². The van der Waals surface area contributed by atoms with E-state index in [-0.39, 0.29) is 23.9 Å². The molecule has 6 nitrogen and oxygen atoms in total. The van der Waals surface area contributed by atoms with E-state index in [1.165, 1.54) is 6.07 Å². The average molecular weight is 410 g/mol. The molecular weight excluding hydrogens is 390 g/mol. The number of aromatic nitrogens is 1. The molecule has 0 aliphatic heterocycles. The highest BCUT2D eigenvalue weighted by molar-refractivity contribution is 6.30. The van der Waals surface area contributed by atoms with Gasteiger partial charge in [0.1, 0.15) is 0 Å². The van der Waals surface area contributed by atoms with Crippen molar-refractivity contribution in [2.75, 3.05) is 6.54 Å². The third-order valence-electron chi connectivity index (χ3n) is 4.26. The van der Waals surface area contributed by atoms with Crippen molar-refractivity contribution >= 4 is 23.4 Å². The molecule has 0 aliphatic carbocycles. The van der Waals surface area contributed by atoms with Crippen molar-refractivity contribution in [1.82, 2.24) is 15.2 Å². The molecule has 7 heteroatoms. The number of carbonyl (C=O) groups excluding carboxylic acids is 2. The quantitative estimate of drug-likeness (QED) is 0.629. The molecule has 0 spiro atoms. The van der Waals surface area contributed by atoms with Crippen molar-refractivity contribution in [2.45, 2.75) is 13.1 Å². The van der Waals surface area contributed by atoms with E-state index in [1.807, 2.05) is 30.3 Å². The number of carbonyl (C=O) groups is 2. The van der Waals surface area contributed by atoms with Gasteiger partial charge in [-0.3, -0.25) is 14.4 Å². The maximum Gasteiger partial charge on any atom is 0.251 e. The van der Waals surface area contributed by atoms with E-state index in [1.54, 1.807) is 41.1 Å². The zero-order chi connectivity index (χ0) is 20.6. The molecule has 2 N–H and O–H groups in total. The molecular formula is C22H20ClN3O3. The minimum Gasteiger partial charge on any atom is -0.350 e. The maximum absolute atomic E-state index is 12.0. The fraction of sp³-hybridized carbons (Fsp3) is 0.136. The van der Waals surface area contributed by atoms with Gasteiger partial charge < -0.3 is 15.2 Å². The van der Waals surface area contributed by atoms with E-state index in [4.69, 9.17) is 11.6 Å². The normalized spacial score (nSPS) is 10.4. The third kappa shape index (κ3) is 6.05. The fourth-order valence-electron chi connectivity index (χ4n) is 2.71. The third-order valence-corrected chi connectivity index (χ3v) is 4.50. The van der Waals surface area contributed by atoms with Gasteiger partial charge in [-0.25, -0.2) is 0 Å². The standard InChI is InChI=1S/C22H20ClN3O3/c23-19-5-3-4-18(12-19)22(29)25-14-20(27)24-13-16-7-9-17(10-8-16)15-26-11-2-1-6-21(26)28/h1-12H,13-15H2,(H,24,27)(H,25,29). The summed E-state index contributed by atoms with van der Waals surface area (Å²) in [5.74, 6) is -0.650. The molecule has 0 fully saturated rings. The number of hydrogen-bond acceptors (Lipinski definition) is 3. The molecule has 2 amide bonds. The van der Waals surface area contributed by atoms with Gasteiger partial charge in [0.15, 0.2) is 0 Å². The molecule has 0 saturated carbocycles. The molecule has 0 aliphatic rings. The monoisotopic (exact) mass is 409 g/mol. The van der Waals surface area contributed by atoms with Crippen LogP contribution in [0.2, 0.25) is 5.02 Å². The first-order valence-electron chi connectivity index (χ1n) is 9.05. The molecule has 3 aromatic rings. The maximum atomic E-state index is 12.0. The number of pyridine rings is 1. The molecule has 3 rings (SSSR count). The Kier molecular flexibility index (Phi) is 6.81. The van der Waals surface area contributed by atoms with Gasteiger partial charge in [-0.15, -0.1) is 0 Å². The van der Waals surface area contributed by atoms with Crippen LogP contribution in [-0.4, -0.2) is 22.9 Å². The number of hydrogen-bond donors (Lipinski definition) is 2. The number of benzene rings is 2. The van der Waals surface area contributed by atoms with E-state index in [0.717, 1.165) is 11.1 Å². The van der Waals surface area contributed by atoms with E-state index in [0.29, 0.717) is 23.7 Å². The molecule has 2 aromatic carbocycles. The highest BCUT2D eigenvalue weighted by Gasteiger charge is 2.08. The number of rotatable bonds is 7. The lowest BCUT2D eigenvalue weighted by Gasteiger charge is -2.09. The van der Waals surface area contributed by atoms with Crippen LogP contribution in [0.4, 0.5) is 0 Å². The fourth-order valence-corrected chi connectivity index (χ4v) is 2.90. The molecule has 0 saturated heterocycles. The minimum absolute atomic E-state index is 0.0522. The molecule has 0 atom stereocenters. The van der Waals surface area contributed by atoms with E-state index >= 15 is 0 Å². The van der Waals surface area contributed by atoms with Crippen LogP contribution in [0.3, 0.4) is 0 Å². The smallest absolute Gasteiger partial charge is 0.251 e. The van der Waals surface area contributed by atoms with Crippen molar-refractivity contribution in [3.8, 4) is 0 Å². The summed E-state index contributed by atoms with van der Waals surface area (Å²) >= 11 is 5.86. The highest BCUT2D eigenvalue weighted by Crippen LogP contribution is 2.10. The van der Waals surface area contributed by atoms with Crippen LogP contribution >= 0.6 is 11.6 Å².